The van der Waals surface area contributed by atoms with Crippen molar-refractivity contribution in [2.24, 2.45) is 0 Å². The molecule has 0 unspecified atom stereocenters. The van der Waals surface area contributed by atoms with Gasteiger partial charge in [0.2, 0.25) is 5.76 Å². The molecule has 16 heavy (non-hydrogen) atoms. The molecule has 1 saturated carbocycles. The maximum atomic E-state index is 13.9. The Morgan fingerprint density at radius 2 is 2.19 bits per heavy atom. The summed E-state index contributed by atoms with van der Waals surface area (Å²) >= 11 is 0. The minimum absolute atomic E-state index is 0.0572. The Morgan fingerprint density at radius 3 is 2.81 bits per heavy atom. The molecule has 0 bridgehead atoms. The maximum absolute atomic E-state index is 13.9. The molecule has 2 aromatic rings. The largest absolute Gasteiger partial charge is 0.475 e. The number of rotatable bonds is 2. The van der Waals surface area contributed by atoms with Gasteiger partial charge < -0.3 is 9.52 Å². The van der Waals surface area contributed by atoms with Crippen LogP contribution in [0.3, 0.4) is 0 Å². The Morgan fingerprint density at radius 1 is 1.44 bits per heavy atom. The number of hydrogen-bond acceptors (Lipinski definition) is 2. The number of fused-ring (bicyclic) bond motifs is 1. The average molecular weight is 220 g/mol. The molecule has 1 heterocycles. The Bertz CT molecular complexity index is 581. The highest BCUT2D eigenvalue weighted by Crippen LogP contribution is 2.42. The molecule has 1 aliphatic carbocycles. The Hall–Kier alpha value is -1.84. The molecule has 3 nitrogen and oxygen atoms in total. The zero-order valence-electron chi connectivity index (χ0n) is 8.37. The fourth-order valence-corrected chi connectivity index (χ4v) is 1.90. The van der Waals surface area contributed by atoms with E-state index in [0.717, 1.165) is 12.8 Å². The van der Waals surface area contributed by atoms with Crippen LogP contribution in [0.5, 0.6) is 0 Å². The summed E-state index contributed by atoms with van der Waals surface area (Å²) in [5, 5.41) is 9.25. The Kier molecular flexibility index (Phi) is 1.80. The van der Waals surface area contributed by atoms with Crippen LogP contribution < -0.4 is 0 Å². The molecule has 1 aromatic carbocycles. The van der Waals surface area contributed by atoms with Gasteiger partial charge in [-0.2, -0.15) is 0 Å². The summed E-state index contributed by atoms with van der Waals surface area (Å²) in [5.41, 5.74) is 0.695. The first-order chi connectivity index (χ1) is 7.66. The van der Waals surface area contributed by atoms with Gasteiger partial charge in [-0.15, -0.1) is 0 Å². The molecule has 4 heteroatoms. The van der Waals surface area contributed by atoms with Crippen molar-refractivity contribution in [1.29, 1.82) is 0 Å². The summed E-state index contributed by atoms with van der Waals surface area (Å²) < 4.78 is 19.0. The van der Waals surface area contributed by atoms with Crippen molar-refractivity contribution in [3.8, 4) is 0 Å². The number of hydrogen-bond donors (Lipinski definition) is 1. The Balaban J connectivity index is 2.22. The lowest BCUT2D eigenvalue weighted by molar-refractivity contribution is 0.0665. The molecule has 1 aliphatic rings. The van der Waals surface area contributed by atoms with E-state index < -0.39 is 11.8 Å². The molecular weight excluding hydrogens is 211 g/mol. The lowest BCUT2D eigenvalue weighted by atomic mass is 10.1. The van der Waals surface area contributed by atoms with Crippen LogP contribution >= 0.6 is 0 Å². The molecule has 0 aliphatic heterocycles. The lowest BCUT2D eigenvalue weighted by Gasteiger charge is -1.99. The van der Waals surface area contributed by atoms with Gasteiger partial charge in [-0.25, -0.2) is 9.18 Å². The van der Waals surface area contributed by atoms with Crippen molar-refractivity contribution in [1.82, 2.24) is 0 Å². The second kappa shape index (κ2) is 3.07. The third-order valence-electron chi connectivity index (χ3n) is 2.88. The van der Waals surface area contributed by atoms with E-state index in [2.05, 4.69) is 0 Å². The van der Waals surface area contributed by atoms with Crippen molar-refractivity contribution < 1.29 is 18.7 Å². The number of carboxylic acid groups (broad SMARTS) is 1. The van der Waals surface area contributed by atoms with E-state index in [1.807, 2.05) is 0 Å². The standard InChI is InChI=1S/C12H9FO3/c13-10-8(6-1-2-6)4-3-7-5-9(12(14)15)16-11(7)10/h3-6H,1-2H2,(H,14,15). The number of halogens is 1. The van der Waals surface area contributed by atoms with Crippen LogP contribution in [-0.4, -0.2) is 11.1 Å². The van der Waals surface area contributed by atoms with Gasteiger partial charge in [0, 0.05) is 5.39 Å². The molecule has 3 rings (SSSR count). The van der Waals surface area contributed by atoms with E-state index in [1.165, 1.54) is 6.07 Å². The van der Waals surface area contributed by atoms with E-state index in [4.69, 9.17) is 9.52 Å². The van der Waals surface area contributed by atoms with E-state index in [1.54, 1.807) is 12.1 Å². The molecule has 0 atom stereocenters. The van der Waals surface area contributed by atoms with Gasteiger partial charge in [-0.3, -0.25) is 0 Å². The van der Waals surface area contributed by atoms with Gasteiger partial charge in [-0.05, 0) is 30.4 Å². The van der Waals surface area contributed by atoms with Gasteiger partial charge in [-0.1, -0.05) is 12.1 Å². The first kappa shape index (κ1) is 9.39. The summed E-state index contributed by atoms with van der Waals surface area (Å²) in [4.78, 5) is 10.7. The normalized spacial score (nSPS) is 15.6. The van der Waals surface area contributed by atoms with Crippen LogP contribution in [0.4, 0.5) is 4.39 Å². The van der Waals surface area contributed by atoms with Crippen molar-refractivity contribution in [2.75, 3.05) is 0 Å². The summed E-state index contributed by atoms with van der Waals surface area (Å²) in [6, 6.07) is 4.77. The minimum atomic E-state index is -1.18. The molecule has 82 valence electrons. The smallest absolute Gasteiger partial charge is 0.371 e. The van der Waals surface area contributed by atoms with Gasteiger partial charge in [0.1, 0.15) is 0 Å². The van der Waals surface area contributed by atoms with Crippen LogP contribution in [0.15, 0.2) is 22.6 Å². The van der Waals surface area contributed by atoms with Crippen molar-refractivity contribution >= 4 is 16.9 Å². The number of benzene rings is 1. The molecule has 0 amide bonds. The van der Waals surface area contributed by atoms with Crippen LogP contribution in [-0.2, 0) is 0 Å². The molecule has 0 saturated heterocycles. The molecule has 0 radical (unpaired) electrons. The molecule has 0 spiro atoms. The molecule has 1 N–H and O–H groups in total. The topological polar surface area (TPSA) is 50.4 Å². The number of carboxylic acids is 1. The number of carbonyl (C=O) groups is 1. The predicted molar refractivity (Wildman–Crippen MR) is 55.1 cm³/mol. The zero-order chi connectivity index (χ0) is 11.3. The summed E-state index contributed by atoms with van der Waals surface area (Å²) in [6.07, 6.45) is 1.99. The van der Waals surface area contributed by atoms with Crippen molar-refractivity contribution in [3.05, 3.63) is 35.3 Å². The summed E-state index contributed by atoms with van der Waals surface area (Å²) in [6.45, 7) is 0. The highest BCUT2D eigenvalue weighted by molar-refractivity contribution is 5.91. The lowest BCUT2D eigenvalue weighted by Crippen LogP contribution is -1.91. The SMILES string of the molecule is O=C(O)c1cc2ccc(C3CC3)c(F)c2o1. The quantitative estimate of drug-likeness (QED) is 0.845. The summed E-state index contributed by atoms with van der Waals surface area (Å²) in [7, 11) is 0. The second-order valence-electron chi connectivity index (χ2n) is 4.08. The van der Waals surface area contributed by atoms with Crippen LogP contribution in [0, 0.1) is 5.82 Å². The first-order valence-electron chi connectivity index (χ1n) is 5.12. The third kappa shape index (κ3) is 1.30. The third-order valence-corrected chi connectivity index (χ3v) is 2.88. The fraction of sp³-hybridized carbons (Fsp3) is 0.250. The van der Waals surface area contributed by atoms with Crippen LogP contribution in [0.2, 0.25) is 0 Å². The highest BCUT2D eigenvalue weighted by Gasteiger charge is 2.28. The maximum Gasteiger partial charge on any atom is 0.371 e. The van der Waals surface area contributed by atoms with Gasteiger partial charge in [0.05, 0.1) is 0 Å². The van der Waals surface area contributed by atoms with Gasteiger partial charge in [0.25, 0.3) is 0 Å². The van der Waals surface area contributed by atoms with E-state index >= 15 is 0 Å². The van der Waals surface area contributed by atoms with E-state index in [-0.39, 0.29) is 17.3 Å². The van der Waals surface area contributed by atoms with Crippen molar-refractivity contribution in [3.63, 3.8) is 0 Å². The second-order valence-corrected chi connectivity index (χ2v) is 4.08. The number of furan rings is 1. The molecule has 1 aromatic heterocycles. The monoisotopic (exact) mass is 220 g/mol. The Labute approximate surface area is 90.5 Å². The predicted octanol–water partition coefficient (Wildman–Crippen LogP) is 3.15. The highest BCUT2D eigenvalue weighted by atomic mass is 19.1. The number of aromatic carboxylic acids is 1. The van der Waals surface area contributed by atoms with Crippen molar-refractivity contribution in [2.45, 2.75) is 18.8 Å². The van der Waals surface area contributed by atoms with Gasteiger partial charge >= 0.3 is 5.97 Å². The van der Waals surface area contributed by atoms with Crippen LogP contribution in [0.25, 0.3) is 11.0 Å². The molecular formula is C12H9FO3. The van der Waals surface area contributed by atoms with E-state index in [9.17, 15) is 9.18 Å². The zero-order valence-corrected chi connectivity index (χ0v) is 8.37. The minimum Gasteiger partial charge on any atom is -0.475 e. The summed E-state index contributed by atoms with van der Waals surface area (Å²) in [5.74, 6) is -1.53. The van der Waals surface area contributed by atoms with E-state index in [0.29, 0.717) is 10.9 Å². The first-order valence-corrected chi connectivity index (χ1v) is 5.12. The van der Waals surface area contributed by atoms with Gasteiger partial charge in [0.15, 0.2) is 11.4 Å². The molecule has 1 fully saturated rings. The van der Waals surface area contributed by atoms with Crippen LogP contribution in [0.1, 0.15) is 34.9 Å². The average Bonchev–Trinajstić information content (AvgIpc) is 2.96. The fourth-order valence-electron chi connectivity index (χ4n) is 1.90.